The van der Waals surface area contributed by atoms with Crippen molar-refractivity contribution >= 4 is 17.3 Å². The molecule has 0 spiro atoms. The lowest BCUT2D eigenvalue weighted by atomic mass is 10.1. The summed E-state index contributed by atoms with van der Waals surface area (Å²) < 4.78 is 0. The fourth-order valence-corrected chi connectivity index (χ4v) is 1.11. The van der Waals surface area contributed by atoms with Gasteiger partial charge in [-0.25, -0.2) is 0 Å². The minimum Gasteiger partial charge on any atom is -0.410 e. The molecule has 0 saturated heterocycles. The van der Waals surface area contributed by atoms with Crippen LogP contribution in [0.15, 0.2) is 45.8 Å². The molecule has 5 N–H and O–H groups in total. The van der Waals surface area contributed by atoms with Gasteiger partial charge in [-0.3, -0.25) is 0 Å². The number of rotatable bonds is 3. The summed E-state index contributed by atoms with van der Waals surface area (Å²) >= 11 is 0. The van der Waals surface area contributed by atoms with Crippen LogP contribution in [-0.4, -0.2) is 32.9 Å². The van der Waals surface area contributed by atoms with E-state index in [9.17, 15) is 0 Å². The molecule has 0 unspecified atom stereocenters. The van der Waals surface area contributed by atoms with Gasteiger partial charge < -0.3 is 21.4 Å². The van der Waals surface area contributed by atoms with Crippen molar-refractivity contribution in [2.45, 2.75) is 0 Å². The molecule has 84 valence electrons. The number of nitrogens with zero attached hydrogens (tertiary/aromatic N) is 3. The van der Waals surface area contributed by atoms with Gasteiger partial charge in [0.15, 0.2) is 11.5 Å². The highest BCUT2D eigenvalue weighted by molar-refractivity contribution is 6.70. The Labute approximate surface area is 90.8 Å². The predicted molar refractivity (Wildman–Crippen MR) is 57.4 cm³/mol. The first-order chi connectivity index (χ1) is 7.74. The van der Waals surface area contributed by atoms with Gasteiger partial charge in [-0.15, -0.1) is 0 Å². The molecule has 0 aliphatic rings. The van der Waals surface area contributed by atoms with Gasteiger partial charge in [0.25, 0.3) is 0 Å². The van der Waals surface area contributed by atoms with Gasteiger partial charge in [-0.1, -0.05) is 45.8 Å². The Morgan fingerprint density at radius 2 is 1.56 bits per heavy atom. The maximum Gasteiger partial charge on any atom is 0.194 e. The van der Waals surface area contributed by atoms with E-state index in [-0.39, 0.29) is 11.4 Å². The Morgan fingerprint density at radius 3 is 2.00 bits per heavy atom. The van der Waals surface area contributed by atoms with E-state index in [1.54, 1.807) is 30.3 Å². The summed E-state index contributed by atoms with van der Waals surface area (Å²) in [6, 6.07) is 8.39. The summed E-state index contributed by atoms with van der Waals surface area (Å²) in [5, 5.41) is 34.4. The number of hydrogen-bond donors (Lipinski definition) is 4. The summed E-state index contributed by atoms with van der Waals surface area (Å²) in [6.07, 6.45) is 0. The summed E-state index contributed by atoms with van der Waals surface area (Å²) in [5.74, 6) is -0.459. The van der Waals surface area contributed by atoms with E-state index in [0.29, 0.717) is 5.56 Å². The third-order valence-corrected chi connectivity index (χ3v) is 1.82. The topological polar surface area (TPSA) is 124 Å². The number of amidine groups is 1. The Balaban J connectivity index is 3.20. The average molecular weight is 222 g/mol. The maximum absolute atomic E-state index is 8.83. The first-order valence-electron chi connectivity index (χ1n) is 4.22. The molecule has 0 aliphatic heterocycles. The van der Waals surface area contributed by atoms with Gasteiger partial charge in [0.05, 0.1) is 0 Å². The van der Waals surface area contributed by atoms with Crippen LogP contribution < -0.4 is 5.73 Å². The van der Waals surface area contributed by atoms with Crippen LogP contribution in [-0.2, 0) is 0 Å². The summed E-state index contributed by atoms with van der Waals surface area (Å²) in [5.41, 5.74) is 5.30. The van der Waals surface area contributed by atoms with Crippen LogP contribution in [0.1, 0.15) is 5.56 Å². The quantitative estimate of drug-likeness (QED) is 0.256. The minimum atomic E-state index is -0.459. The standard InChI is InChI=1S/C9H10N4O3/c10-9(13-16)8(12-15)7(11-14)6-4-2-1-3-5-6/h1-5,14-16H,(H2,10,13). The number of nitrogens with two attached hydrogens (primary N) is 1. The average Bonchev–Trinajstić information content (AvgIpc) is 2.36. The molecule has 0 bridgehead atoms. The second kappa shape index (κ2) is 5.35. The Morgan fingerprint density at radius 1 is 0.938 bits per heavy atom. The lowest BCUT2D eigenvalue weighted by Crippen LogP contribution is -2.31. The zero-order valence-corrected chi connectivity index (χ0v) is 8.15. The molecule has 0 amide bonds. The molecule has 0 radical (unpaired) electrons. The summed E-state index contributed by atoms with van der Waals surface area (Å²) in [6.45, 7) is 0. The molecule has 0 aliphatic carbocycles. The Kier molecular flexibility index (Phi) is 3.84. The van der Waals surface area contributed by atoms with Crippen LogP contribution in [0.3, 0.4) is 0 Å². The van der Waals surface area contributed by atoms with Crippen molar-refractivity contribution in [3.63, 3.8) is 0 Å². The molecule has 1 aromatic carbocycles. The fraction of sp³-hybridized carbons (Fsp3) is 0. The molecule has 7 nitrogen and oxygen atoms in total. The monoisotopic (exact) mass is 222 g/mol. The van der Waals surface area contributed by atoms with E-state index in [2.05, 4.69) is 15.5 Å². The fourth-order valence-electron chi connectivity index (χ4n) is 1.11. The molecular weight excluding hydrogens is 212 g/mol. The minimum absolute atomic E-state index is 0.0987. The van der Waals surface area contributed by atoms with Crippen LogP contribution in [0.2, 0.25) is 0 Å². The highest BCUT2D eigenvalue weighted by Crippen LogP contribution is 2.03. The molecule has 0 saturated carbocycles. The van der Waals surface area contributed by atoms with Crippen molar-refractivity contribution in [2.24, 2.45) is 21.2 Å². The highest BCUT2D eigenvalue weighted by atomic mass is 16.4. The Hall–Kier alpha value is -2.57. The van der Waals surface area contributed by atoms with E-state index >= 15 is 0 Å². The van der Waals surface area contributed by atoms with Crippen LogP contribution in [0, 0.1) is 0 Å². The lowest BCUT2D eigenvalue weighted by Gasteiger charge is -2.04. The third-order valence-electron chi connectivity index (χ3n) is 1.82. The third kappa shape index (κ3) is 2.27. The van der Waals surface area contributed by atoms with Gasteiger partial charge in [0.2, 0.25) is 0 Å². The van der Waals surface area contributed by atoms with Gasteiger partial charge in [-0.2, -0.15) is 0 Å². The van der Waals surface area contributed by atoms with Crippen molar-refractivity contribution in [1.29, 1.82) is 0 Å². The van der Waals surface area contributed by atoms with Gasteiger partial charge in [-0.05, 0) is 0 Å². The molecule has 0 fully saturated rings. The van der Waals surface area contributed by atoms with Crippen molar-refractivity contribution in [3.05, 3.63) is 35.9 Å². The summed E-state index contributed by atoms with van der Waals surface area (Å²) in [7, 11) is 0. The molecule has 0 heterocycles. The van der Waals surface area contributed by atoms with Gasteiger partial charge in [0.1, 0.15) is 5.71 Å². The van der Waals surface area contributed by atoms with Crippen molar-refractivity contribution < 1.29 is 15.6 Å². The first kappa shape index (κ1) is 11.5. The first-order valence-corrected chi connectivity index (χ1v) is 4.22. The highest BCUT2D eigenvalue weighted by Gasteiger charge is 2.17. The van der Waals surface area contributed by atoms with Crippen LogP contribution in [0.4, 0.5) is 0 Å². The van der Waals surface area contributed by atoms with E-state index in [1.165, 1.54) is 0 Å². The molecular formula is C9H10N4O3. The number of hydrogen-bond acceptors (Lipinski definition) is 6. The number of oxime groups is 3. The molecule has 1 rings (SSSR count). The van der Waals surface area contributed by atoms with E-state index in [0.717, 1.165) is 0 Å². The summed E-state index contributed by atoms with van der Waals surface area (Å²) in [4.78, 5) is 0. The zero-order valence-electron chi connectivity index (χ0n) is 8.15. The van der Waals surface area contributed by atoms with E-state index < -0.39 is 5.84 Å². The largest absolute Gasteiger partial charge is 0.410 e. The predicted octanol–water partition coefficient (Wildman–Crippen LogP) is 0.441. The van der Waals surface area contributed by atoms with Gasteiger partial charge >= 0.3 is 0 Å². The molecule has 7 heteroatoms. The van der Waals surface area contributed by atoms with E-state index in [1.807, 2.05) is 0 Å². The molecule has 16 heavy (non-hydrogen) atoms. The SMILES string of the molecule is NC(=NO)C(=NO)C(=NO)c1ccccc1. The normalized spacial score (nSPS) is 13.9. The van der Waals surface area contributed by atoms with Crippen LogP contribution >= 0.6 is 0 Å². The molecule has 0 atom stereocenters. The lowest BCUT2D eigenvalue weighted by molar-refractivity contribution is 0.311. The van der Waals surface area contributed by atoms with Crippen molar-refractivity contribution in [2.75, 3.05) is 0 Å². The Bertz CT molecular complexity index is 439. The van der Waals surface area contributed by atoms with Crippen LogP contribution in [0.5, 0.6) is 0 Å². The van der Waals surface area contributed by atoms with Crippen LogP contribution in [0.25, 0.3) is 0 Å². The molecule has 1 aromatic rings. The van der Waals surface area contributed by atoms with Gasteiger partial charge in [0, 0.05) is 5.56 Å². The van der Waals surface area contributed by atoms with Crippen molar-refractivity contribution in [1.82, 2.24) is 0 Å². The zero-order chi connectivity index (χ0) is 12.0. The second-order valence-corrected chi connectivity index (χ2v) is 2.75. The van der Waals surface area contributed by atoms with E-state index in [4.69, 9.17) is 21.4 Å². The smallest absolute Gasteiger partial charge is 0.194 e. The second-order valence-electron chi connectivity index (χ2n) is 2.75. The molecule has 0 aromatic heterocycles. The number of benzene rings is 1. The van der Waals surface area contributed by atoms with Crippen molar-refractivity contribution in [3.8, 4) is 0 Å². The maximum atomic E-state index is 8.83.